The Morgan fingerprint density at radius 2 is 2.20 bits per heavy atom. The summed E-state index contributed by atoms with van der Waals surface area (Å²) in [5.74, 6) is 0.206. The molecule has 0 radical (unpaired) electrons. The number of ketones is 1. The first-order valence-electron chi connectivity index (χ1n) is 5.27. The van der Waals surface area contributed by atoms with E-state index in [1.54, 1.807) is 0 Å². The molecule has 1 aliphatic carbocycles. The minimum atomic E-state index is 0.206. The smallest absolute Gasteiger partial charge is 0.186 e. The van der Waals surface area contributed by atoms with Crippen molar-refractivity contribution in [3.05, 3.63) is 20.8 Å². The maximum Gasteiger partial charge on any atom is 0.186 e. The molecule has 4 heteroatoms. The van der Waals surface area contributed by atoms with Crippen LogP contribution in [-0.4, -0.2) is 18.4 Å². The van der Waals surface area contributed by atoms with Crippen molar-refractivity contribution in [3.8, 4) is 0 Å². The van der Waals surface area contributed by atoms with Gasteiger partial charge in [-0.05, 0) is 40.9 Å². The number of Topliss-reactive ketones (excluding diaryl/α,β-unsaturated/α-hetero) is 1. The van der Waals surface area contributed by atoms with Crippen LogP contribution in [0, 0.1) is 0 Å². The van der Waals surface area contributed by atoms with E-state index in [0.29, 0.717) is 12.6 Å². The van der Waals surface area contributed by atoms with Gasteiger partial charge in [-0.1, -0.05) is 12.8 Å². The zero-order valence-electron chi connectivity index (χ0n) is 8.46. The highest BCUT2D eigenvalue weighted by Gasteiger charge is 2.16. The van der Waals surface area contributed by atoms with Crippen molar-refractivity contribution in [1.29, 1.82) is 0 Å². The molecule has 2 rings (SSSR count). The molecule has 15 heavy (non-hydrogen) atoms. The average Bonchev–Trinajstić information content (AvgIpc) is 2.84. The van der Waals surface area contributed by atoms with Crippen LogP contribution in [0.4, 0.5) is 0 Å². The minimum absolute atomic E-state index is 0.206. The fourth-order valence-electron chi connectivity index (χ4n) is 1.92. The summed E-state index contributed by atoms with van der Waals surface area (Å²) in [7, 11) is 0. The largest absolute Gasteiger partial charge is 0.307 e. The first-order valence-corrected chi connectivity index (χ1v) is 6.88. The normalized spacial score (nSPS) is 17.1. The number of hydrogen-bond donors (Lipinski definition) is 1. The SMILES string of the molecule is O=C(CNC1CCCC1)c1ccc(Br)s1. The Bertz CT molecular complexity index is 344. The van der Waals surface area contributed by atoms with Gasteiger partial charge in [0.2, 0.25) is 0 Å². The van der Waals surface area contributed by atoms with Crippen molar-refractivity contribution in [1.82, 2.24) is 5.32 Å². The van der Waals surface area contributed by atoms with Gasteiger partial charge in [0.25, 0.3) is 0 Å². The quantitative estimate of drug-likeness (QED) is 0.862. The van der Waals surface area contributed by atoms with Gasteiger partial charge in [-0.25, -0.2) is 0 Å². The van der Waals surface area contributed by atoms with Gasteiger partial charge in [0, 0.05) is 6.04 Å². The summed E-state index contributed by atoms with van der Waals surface area (Å²) in [6.07, 6.45) is 5.05. The molecule has 0 amide bonds. The zero-order chi connectivity index (χ0) is 10.7. The summed E-state index contributed by atoms with van der Waals surface area (Å²) < 4.78 is 1.02. The third-order valence-corrected chi connectivity index (χ3v) is 4.42. The summed E-state index contributed by atoms with van der Waals surface area (Å²) >= 11 is 4.87. The van der Waals surface area contributed by atoms with Crippen LogP contribution >= 0.6 is 27.3 Å². The molecule has 0 bridgehead atoms. The summed E-state index contributed by atoms with van der Waals surface area (Å²) in [4.78, 5) is 12.6. The lowest BCUT2D eigenvalue weighted by molar-refractivity contribution is 0.0991. The van der Waals surface area contributed by atoms with Crippen molar-refractivity contribution in [2.24, 2.45) is 0 Å². The second-order valence-corrected chi connectivity index (χ2v) is 6.35. The zero-order valence-corrected chi connectivity index (χ0v) is 10.9. The molecule has 0 atom stereocenters. The fourth-order valence-corrected chi connectivity index (χ4v) is 3.24. The first kappa shape index (κ1) is 11.3. The summed E-state index contributed by atoms with van der Waals surface area (Å²) in [5.41, 5.74) is 0. The Labute approximate surface area is 102 Å². The molecule has 1 N–H and O–H groups in total. The number of carbonyl (C=O) groups is 1. The average molecular weight is 288 g/mol. The number of nitrogens with one attached hydrogen (secondary N) is 1. The number of rotatable bonds is 4. The Hall–Kier alpha value is -0.190. The van der Waals surface area contributed by atoms with E-state index in [2.05, 4.69) is 21.2 Å². The van der Waals surface area contributed by atoms with E-state index in [4.69, 9.17) is 0 Å². The Morgan fingerprint density at radius 1 is 1.47 bits per heavy atom. The van der Waals surface area contributed by atoms with Gasteiger partial charge in [0.1, 0.15) is 0 Å². The molecular formula is C11H14BrNOS. The third kappa shape index (κ3) is 3.13. The highest BCUT2D eigenvalue weighted by atomic mass is 79.9. The third-order valence-electron chi connectivity index (χ3n) is 2.75. The molecule has 0 saturated heterocycles. The van der Waals surface area contributed by atoms with E-state index in [0.717, 1.165) is 8.66 Å². The van der Waals surface area contributed by atoms with Crippen molar-refractivity contribution in [2.75, 3.05) is 6.54 Å². The summed E-state index contributed by atoms with van der Waals surface area (Å²) in [5, 5.41) is 3.33. The van der Waals surface area contributed by atoms with Crippen LogP contribution in [-0.2, 0) is 0 Å². The van der Waals surface area contributed by atoms with Crippen LogP contribution in [0.3, 0.4) is 0 Å². The highest BCUT2D eigenvalue weighted by molar-refractivity contribution is 9.11. The van der Waals surface area contributed by atoms with Gasteiger partial charge >= 0.3 is 0 Å². The predicted molar refractivity (Wildman–Crippen MR) is 66.6 cm³/mol. The Balaban J connectivity index is 1.81. The van der Waals surface area contributed by atoms with Crippen molar-refractivity contribution < 1.29 is 4.79 Å². The molecular weight excluding hydrogens is 274 g/mol. The predicted octanol–water partition coefficient (Wildman–Crippen LogP) is 3.23. The van der Waals surface area contributed by atoms with Crippen LogP contribution in [0.1, 0.15) is 35.4 Å². The van der Waals surface area contributed by atoms with E-state index in [9.17, 15) is 4.79 Å². The van der Waals surface area contributed by atoms with Gasteiger partial charge in [-0.2, -0.15) is 0 Å². The number of thiophene rings is 1. The highest BCUT2D eigenvalue weighted by Crippen LogP contribution is 2.22. The Kier molecular flexibility index (Phi) is 3.94. The van der Waals surface area contributed by atoms with E-state index >= 15 is 0 Å². The minimum Gasteiger partial charge on any atom is -0.307 e. The number of hydrogen-bond acceptors (Lipinski definition) is 3. The van der Waals surface area contributed by atoms with E-state index in [1.165, 1.54) is 37.0 Å². The van der Waals surface area contributed by atoms with Crippen LogP contribution in [0.5, 0.6) is 0 Å². The van der Waals surface area contributed by atoms with Crippen molar-refractivity contribution >= 4 is 33.0 Å². The molecule has 1 aromatic rings. The second kappa shape index (κ2) is 5.23. The molecule has 0 spiro atoms. The van der Waals surface area contributed by atoms with Crippen LogP contribution in [0.25, 0.3) is 0 Å². The van der Waals surface area contributed by atoms with Crippen LogP contribution < -0.4 is 5.32 Å². The molecule has 82 valence electrons. The lowest BCUT2D eigenvalue weighted by Crippen LogP contribution is -2.31. The standard InChI is InChI=1S/C11H14BrNOS/c12-11-6-5-10(15-11)9(14)7-13-8-3-1-2-4-8/h5-6,8,13H,1-4,7H2. The topological polar surface area (TPSA) is 29.1 Å². The maximum atomic E-state index is 11.7. The van der Waals surface area contributed by atoms with Crippen LogP contribution in [0.15, 0.2) is 15.9 Å². The monoisotopic (exact) mass is 287 g/mol. The van der Waals surface area contributed by atoms with Gasteiger partial charge < -0.3 is 5.32 Å². The van der Waals surface area contributed by atoms with Gasteiger partial charge in [-0.3, -0.25) is 4.79 Å². The molecule has 1 saturated carbocycles. The lowest BCUT2D eigenvalue weighted by atomic mass is 10.2. The van der Waals surface area contributed by atoms with E-state index < -0.39 is 0 Å². The molecule has 0 unspecified atom stereocenters. The van der Waals surface area contributed by atoms with Gasteiger partial charge in [-0.15, -0.1) is 11.3 Å². The first-order chi connectivity index (χ1) is 7.25. The molecule has 0 aliphatic heterocycles. The van der Waals surface area contributed by atoms with Gasteiger partial charge in [0.15, 0.2) is 5.78 Å². The molecule has 1 heterocycles. The second-order valence-electron chi connectivity index (χ2n) is 3.89. The van der Waals surface area contributed by atoms with E-state index in [1.807, 2.05) is 12.1 Å². The van der Waals surface area contributed by atoms with Crippen LogP contribution in [0.2, 0.25) is 0 Å². The van der Waals surface area contributed by atoms with Crippen molar-refractivity contribution in [3.63, 3.8) is 0 Å². The molecule has 0 aromatic carbocycles. The fraction of sp³-hybridized carbons (Fsp3) is 0.545. The van der Waals surface area contributed by atoms with Gasteiger partial charge in [0.05, 0.1) is 15.2 Å². The lowest BCUT2D eigenvalue weighted by Gasteiger charge is -2.09. The van der Waals surface area contributed by atoms with E-state index in [-0.39, 0.29) is 5.78 Å². The molecule has 1 aromatic heterocycles. The molecule has 2 nitrogen and oxygen atoms in total. The van der Waals surface area contributed by atoms with Crippen molar-refractivity contribution in [2.45, 2.75) is 31.7 Å². The summed E-state index contributed by atoms with van der Waals surface area (Å²) in [6.45, 7) is 0.484. The summed E-state index contributed by atoms with van der Waals surface area (Å²) in [6, 6.07) is 4.37. The molecule has 1 aliphatic rings. The maximum absolute atomic E-state index is 11.7. The molecule has 1 fully saturated rings. The number of carbonyl (C=O) groups excluding carboxylic acids is 1. The Morgan fingerprint density at radius 3 is 2.80 bits per heavy atom. The number of halogens is 1.